The molecule has 0 spiro atoms. The number of benzene rings is 1. The highest BCUT2D eigenvalue weighted by molar-refractivity contribution is 6.76. The van der Waals surface area contributed by atoms with Crippen LogP contribution in [0.4, 0.5) is 15.0 Å². The molecule has 1 amide bonds. The summed E-state index contributed by atoms with van der Waals surface area (Å²) >= 11 is 0. The highest BCUT2D eigenvalue weighted by Gasteiger charge is 2.40. The Bertz CT molecular complexity index is 1440. The van der Waals surface area contributed by atoms with Crippen LogP contribution in [0.3, 0.4) is 0 Å². The van der Waals surface area contributed by atoms with Crippen LogP contribution in [-0.4, -0.2) is 68.3 Å². The monoisotopic (exact) mass is 668 g/mol. The Morgan fingerprint density at radius 3 is 2.45 bits per heavy atom. The van der Waals surface area contributed by atoms with Crippen LogP contribution in [0, 0.1) is 5.82 Å². The number of carbonyl (C=O) groups is 2. The minimum absolute atomic E-state index is 0.00487. The van der Waals surface area contributed by atoms with E-state index in [2.05, 4.69) is 33.5 Å². The van der Waals surface area contributed by atoms with Crippen LogP contribution in [0.2, 0.25) is 25.7 Å². The molecule has 1 aromatic carbocycles. The fourth-order valence-electron chi connectivity index (χ4n) is 6.08. The Labute approximate surface area is 281 Å². The molecule has 1 saturated heterocycles. The zero-order chi connectivity index (χ0) is 34.7. The number of halogens is 1. The summed E-state index contributed by atoms with van der Waals surface area (Å²) in [7, 11) is -1.38. The minimum atomic E-state index is -1.38. The molecule has 47 heavy (non-hydrogen) atoms. The maximum absolute atomic E-state index is 14.2. The lowest BCUT2D eigenvalue weighted by atomic mass is 9.87. The first kappa shape index (κ1) is 36.9. The van der Waals surface area contributed by atoms with Gasteiger partial charge in [-0.05, 0) is 82.7 Å². The van der Waals surface area contributed by atoms with E-state index in [0.717, 1.165) is 46.7 Å². The van der Waals surface area contributed by atoms with E-state index < -0.39 is 31.7 Å². The number of pyridine rings is 1. The fourth-order valence-corrected chi connectivity index (χ4v) is 6.80. The van der Waals surface area contributed by atoms with Crippen molar-refractivity contribution in [3.63, 3.8) is 0 Å². The first-order valence-electron chi connectivity index (χ1n) is 16.8. The largest absolute Gasteiger partial charge is 0.449 e. The Hall–Kier alpha value is -2.92. The van der Waals surface area contributed by atoms with Gasteiger partial charge in [-0.3, -0.25) is 4.90 Å². The summed E-state index contributed by atoms with van der Waals surface area (Å²) in [5.74, 6) is -0.668. The standard InChI is InChI=1S/C37H53FN2O6Si/c1-24(2)33-28(18-17-27-22-30(46-37(6,7)44-27)31(23-41)45-36(3,4)5)32(25-13-15-26(38)16-14-25)29-12-11-19-40(34(29)39-33)35(42)43-20-21-47(8,9)10/h13-18,23-24,27,30-31H,11-12,19-22H2,1-10H3/t27-,30-,31?/m1/s1. The molecule has 0 N–H and O–H groups in total. The summed E-state index contributed by atoms with van der Waals surface area (Å²) < 4.78 is 38.5. The molecule has 4 rings (SSSR count). The van der Waals surface area contributed by atoms with Gasteiger partial charge in [-0.2, -0.15) is 0 Å². The van der Waals surface area contributed by atoms with E-state index in [1.165, 1.54) is 12.1 Å². The molecule has 0 saturated carbocycles. The second-order valence-electron chi connectivity index (χ2n) is 15.6. The van der Waals surface area contributed by atoms with Crippen molar-refractivity contribution < 1.29 is 32.9 Å². The van der Waals surface area contributed by atoms with Crippen molar-refractivity contribution in [1.82, 2.24) is 4.98 Å². The lowest BCUT2D eigenvalue weighted by molar-refractivity contribution is -0.307. The van der Waals surface area contributed by atoms with Crippen LogP contribution in [0.25, 0.3) is 17.2 Å². The second-order valence-corrected chi connectivity index (χ2v) is 21.2. The number of ether oxygens (including phenoxy) is 4. The van der Waals surface area contributed by atoms with Gasteiger partial charge in [0.15, 0.2) is 12.1 Å². The molecule has 1 aromatic heterocycles. The van der Waals surface area contributed by atoms with E-state index >= 15 is 0 Å². The summed E-state index contributed by atoms with van der Waals surface area (Å²) in [6.07, 6.45) is 4.66. The molecule has 1 fully saturated rings. The number of nitrogens with zero attached hydrogens (tertiary/aromatic N) is 2. The van der Waals surface area contributed by atoms with Crippen LogP contribution in [-0.2, 0) is 30.2 Å². The predicted octanol–water partition coefficient (Wildman–Crippen LogP) is 8.54. The van der Waals surface area contributed by atoms with Crippen molar-refractivity contribution >= 4 is 32.3 Å². The first-order chi connectivity index (χ1) is 21.9. The highest BCUT2D eigenvalue weighted by atomic mass is 28.3. The lowest BCUT2D eigenvalue weighted by Crippen LogP contribution is -2.50. The van der Waals surface area contributed by atoms with Gasteiger partial charge in [-0.15, -0.1) is 0 Å². The molecule has 2 aromatic rings. The summed E-state index contributed by atoms with van der Waals surface area (Å²) in [6.45, 7) is 21.2. The molecule has 0 aliphatic carbocycles. The van der Waals surface area contributed by atoms with Crippen molar-refractivity contribution in [1.29, 1.82) is 0 Å². The molecule has 258 valence electrons. The van der Waals surface area contributed by atoms with Gasteiger partial charge in [0.2, 0.25) is 0 Å². The molecule has 8 nitrogen and oxygen atoms in total. The molecule has 2 aliphatic heterocycles. The average molecular weight is 669 g/mol. The molecule has 0 bridgehead atoms. The van der Waals surface area contributed by atoms with E-state index in [1.54, 1.807) is 17.0 Å². The summed E-state index contributed by atoms with van der Waals surface area (Å²) in [6, 6.07) is 7.36. The van der Waals surface area contributed by atoms with E-state index in [1.807, 2.05) is 46.8 Å². The smallest absolute Gasteiger partial charge is 0.415 e. The number of hydrogen-bond acceptors (Lipinski definition) is 7. The van der Waals surface area contributed by atoms with Gasteiger partial charge in [0.25, 0.3) is 0 Å². The van der Waals surface area contributed by atoms with Gasteiger partial charge < -0.3 is 23.7 Å². The van der Waals surface area contributed by atoms with Gasteiger partial charge in [0.05, 0.1) is 30.1 Å². The number of anilines is 1. The molecule has 0 radical (unpaired) electrons. The van der Waals surface area contributed by atoms with Gasteiger partial charge >= 0.3 is 6.09 Å². The number of aldehydes is 1. The van der Waals surface area contributed by atoms with Crippen LogP contribution >= 0.6 is 0 Å². The zero-order valence-electron chi connectivity index (χ0n) is 29.8. The summed E-state index contributed by atoms with van der Waals surface area (Å²) in [5.41, 5.74) is 3.86. The van der Waals surface area contributed by atoms with Gasteiger partial charge in [0, 0.05) is 32.2 Å². The van der Waals surface area contributed by atoms with Crippen molar-refractivity contribution in [2.45, 2.75) is 129 Å². The molecule has 3 heterocycles. The zero-order valence-corrected chi connectivity index (χ0v) is 30.8. The SMILES string of the molecule is CC(C)c1nc2c(c(-c3ccc(F)cc3)c1C=C[C@@H]1C[C@H](C(C=O)OC(C)(C)C)OC(C)(C)O1)CCCN2C(=O)OCC[Si](C)(C)C. The van der Waals surface area contributed by atoms with Gasteiger partial charge in [-0.25, -0.2) is 14.2 Å². The van der Waals surface area contributed by atoms with Crippen molar-refractivity contribution in [3.05, 3.63) is 53.0 Å². The second kappa shape index (κ2) is 14.7. The molecule has 1 unspecified atom stereocenters. The lowest BCUT2D eigenvalue weighted by Gasteiger charge is -2.42. The van der Waals surface area contributed by atoms with Crippen molar-refractivity contribution in [3.8, 4) is 11.1 Å². The Morgan fingerprint density at radius 2 is 1.85 bits per heavy atom. The quantitative estimate of drug-likeness (QED) is 0.185. The number of aromatic nitrogens is 1. The topological polar surface area (TPSA) is 87.2 Å². The summed E-state index contributed by atoms with van der Waals surface area (Å²) in [5, 5.41) is 0. The maximum Gasteiger partial charge on any atom is 0.415 e. The predicted molar refractivity (Wildman–Crippen MR) is 187 cm³/mol. The van der Waals surface area contributed by atoms with E-state index in [4.69, 9.17) is 23.9 Å². The third-order valence-corrected chi connectivity index (χ3v) is 9.89. The number of carbonyl (C=O) groups excluding carboxylic acids is 2. The van der Waals surface area contributed by atoms with E-state index in [9.17, 15) is 14.0 Å². The maximum atomic E-state index is 14.2. The number of hydrogen-bond donors (Lipinski definition) is 0. The Morgan fingerprint density at radius 1 is 1.17 bits per heavy atom. The van der Waals surface area contributed by atoms with Crippen LogP contribution in [0.15, 0.2) is 30.3 Å². The molecule has 3 atom stereocenters. The molecular weight excluding hydrogens is 615 g/mol. The minimum Gasteiger partial charge on any atom is -0.449 e. The van der Waals surface area contributed by atoms with Crippen LogP contribution in [0.5, 0.6) is 0 Å². The van der Waals surface area contributed by atoms with Crippen molar-refractivity contribution in [2.24, 2.45) is 0 Å². The van der Waals surface area contributed by atoms with Gasteiger partial charge in [0.1, 0.15) is 17.7 Å². The van der Waals surface area contributed by atoms with Gasteiger partial charge in [-0.1, -0.05) is 57.8 Å². The number of amides is 1. The highest BCUT2D eigenvalue weighted by Crippen LogP contribution is 2.41. The number of rotatable bonds is 10. The van der Waals surface area contributed by atoms with Crippen LogP contribution in [0.1, 0.15) is 84.0 Å². The van der Waals surface area contributed by atoms with E-state index in [-0.39, 0.29) is 23.9 Å². The average Bonchev–Trinajstić information content (AvgIpc) is 2.96. The third-order valence-electron chi connectivity index (χ3n) is 8.19. The molecular formula is C37H53FN2O6Si. The number of fused-ring (bicyclic) bond motifs is 1. The third kappa shape index (κ3) is 9.81. The normalized spacial score (nSPS) is 20.7. The Kier molecular flexibility index (Phi) is 11.5. The van der Waals surface area contributed by atoms with E-state index in [0.29, 0.717) is 31.8 Å². The van der Waals surface area contributed by atoms with Crippen molar-refractivity contribution in [2.75, 3.05) is 18.1 Å². The first-order valence-corrected chi connectivity index (χ1v) is 20.5. The molecule has 10 heteroatoms. The molecule has 2 aliphatic rings. The Balaban J connectivity index is 1.78. The van der Waals surface area contributed by atoms with Crippen LogP contribution < -0.4 is 4.90 Å². The summed E-state index contributed by atoms with van der Waals surface area (Å²) in [4.78, 5) is 32.4. The fraction of sp³-hybridized carbons (Fsp3) is 0.595.